The van der Waals surface area contributed by atoms with Gasteiger partial charge in [0, 0.05) is 16.3 Å². The van der Waals surface area contributed by atoms with Gasteiger partial charge < -0.3 is 10.5 Å². The first kappa shape index (κ1) is 14.0. The number of hydrogen-bond donors (Lipinski definition) is 1. The molecule has 0 fully saturated rings. The van der Waals surface area contributed by atoms with Crippen molar-refractivity contribution in [2.24, 2.45) is 0 Å². The van der Waals surface area contributed by atoms with E-state index in [4.69, 9.17) is 10.5 Å². The number of thioether (sulfide) groups is 1. The zero-order valence-corrected chi connectivity index (χ0v) is 9.90. The second-order valence-electron chi connectivity index (χ2n) is 3.05. The Bertz CT molecular complexity index is 371. The molecule has 1 rings (SSSR count). The van der Waals surface area contributed by atoms with Gasteiger partial charge in [0.05, 0.1) is 13.7 Å². The van der Waals surface area contributed by atoms with Crippen molar-refractivity contribution in [1.82, 2.24) is 0 Å². The molecule has 0 aliphatic heterocycles. The Morgan fingerprint density at radius 2 is 2.06 bits per heavy atom. The third-order valence-electron chi connectivity index (χ3n) is 1.83. The summed E-state index contributed by atoms with van der Waals surface area (Å²) in [6.07, 6.45) is -4.58. The lowest BCUT2D eigenvalue weighted by Gasteiger charge is -2.09. The van der Waals surface area contributed by atoms with E-state index in [2.05, 4.69) is 4.74 Å². The summed E-state index contributed by atoms with van der Waals surface area (Å²) in [5, 5.41) is 0. The number of ether oxygens (including phenoxy) is 2. The lowest BCUT2D eigenvalue weighted by Crippen LogP contribution is -2.15. The number of nitrogen functional groups attached to an aromatic ring is 1. The number of halogens is 3. The summed E-state index contributed by atoms with van der Waals surface area (Å²) in [5.74, 6) is 0.773. The highest BCUT2D eigenvalue weighted by atomic mass is 32.2. The van der Waals surface area contributed by atoms with Crippen LogP contribution in [0.4, 0.5) is 18.9 Å². The smallest absolute Gasteiger partial charge is 0.497 e. The van der Waals surface area contributed by atoms with Crippen LogP contribution in [0.2, 0.25) is 0 Å². The van der Waals surface area contributed by atoms with E-state index in [0.717, 1.165) is 0 Å². The molecule has 1 aromatic carbocycles. The zero-order chi connectivity index (χ0) is 12.9. The second kappa shape index (κ2) is 6.02. The van der Waals surface area contributed by atoms with Gasteiger partial charge in [0.1, 0.15) is 5.75 Å². The van der Waals surface area contributed by atoms with Crippen LogP contribution < -0.4 is 10.5 Å². The number of nitrogens with two attached hydrogens (primary N) is 1. The van der Waals surface area contributed by atoms with Crippen LogP contribution in [0.5, 0.6) is 5.75 Å². The normalized spacial score (nSPS) is 11.5. The number of rotatable bonds is 5. The fourth-order valence-electron chi connectivity index (χ4n) is 1.08. The minimum atomic E-state index is -4.58. The zero-order valence-electron chi connectivity index (χ0n) is 9.08. The van der Waals surface area contributed by atoms with Crippen molar-refractivity contribution in [1.29, 1.82) is 0 Å². The monoisotopic (exact) mass is 267 g/mol. The molecule has 0 bridgehead atoms. The lowest BCUT2D eigenvalue weighted by atomic mass is 10.3. The van der Waals surface area contributed by atoms with Crippen molar-refractivity contribution in [3.05, 3.63) is 18.2 Å². The highest BCUT2D eigenvalue weighted by Crippen LogP contribution is 2.29. The summed E-state index contributed by atoms with van der Waals surface area (Å²) in [7, 11) is 1.51. The molecule has 1 aromatic rings. The van der Waals surface area contributed by atoms with Crippen molar-refractivity contribution in [2.45, 2.75) is 11.3 Å². The molecular weight excluding hydrogens is 255 g/mol. The average Bonchev–Trinajstić information content (AvgIpc) is 2.25. The van der Waals surface area contributed by atoms with E-state index in [-0.39, 0.29) is 5.75 Å². The Balaban J connectivity index is 2.46. The predicted octanol–water partition coefficient (Wildman–Crippen LogP) is 2.91. The largest absolute Gasteiger partial charge is 0.522 e. The third-order valence-corrected chi connectivity index (χ3v) is 2.86. The maximum Gasteiger partial charge on any atom is 0.522 e. The molecule has 3 nitrogen and oxygen atoms in total. The van der Waals surface area contributed by atoms with Crippen LogP contribution in [-0.4, -0.2) is 25.8 Å². The predicted molar refractivity (Wildman–Crippen MR) is 60.1 cm³/mol. The van der Waals surface area contributed by atoms with Gasteiger partial charge in [-0.25, -0.2) is 0 Å². The Morgan fingerprint density at radius 1 is 1.35 bits per heavy atom. The first-order valence-corrected chi connectivity index (χ1v) is 5.68. The van der Waals surface area contributed by atoms with Gasteiger partial charge in [0.25, 0.3) is 0 Å². The molecule has 2 N–H and O–H groups in total. The van der Waals surface area contributed by atoms with E-state index in [0.29, 0.717) is 16.3 Å². The molecule has 0 heterocycles. The Labute approximate surface area is 101 Å². The minimum Gasteiger partial charge on any atom is -0.497 e. The molecule has 0 atom stereocenters. The first-order chi connectivity index (χ1) is 7.92. The van der Waals surface area contributed by atoms with Gasteiger partial charge >= 0.3 is 6.36 Å². The van der Waals surface area contributed by atoms with Gasteiger partial charge in [-0.1, -0.05) is 0 Å². The van der Waals surface area contributed by atoms with E-state index in [1.165, 1.54) is 18.9 Å². The van der Waals surface area contributed by atoms with Gasteiger partial charge in [0.2, 0.25) is 0 Å². The molecule has 0 spiro atoms. The fraction of sp³-hybridized carbons (Fsp3) is 0.400. The minimum absolute atomic E-state index is 0.164. The van der Waals surface area contributed by atoms with Crippen molar-refractivity contribution in [2.75, 3.05) is 25.2 Å². The maximum absolute atomic E-state index is 11.7. The first-order valence-electron chi connectivity index (χ1n) is 4.69. The summed E-state index contributed by atoms with van der Waals surface area (Å²) in [6.45, 7) is -0.412. The molecule has 0 aromatic heterocycles. The molecule has 17 heavy (non-hydrogen) atoms. The molecule has 0 radical (unpaired) electrons. The van der Waals surface area contributed by atoms with Crippen LogP contribution in [0, 0.1) is 0 Å². The van der Waals surface area contributed by atoms with E-state index in [1.54, 1.807) is 18.2 Å². The second-order valence-corrected chi connectivity index (χ2v) is 4.18. The van der Waals surface area contributed by atoms with Crippen LogP contribution in [0.1, 0.15) is 0 Å². The fourth-order valence-corrected chi connectivity index (χ4v) is 1.90. The van der Waals surface area contributed by atoms with Crippen molar-refractivity contribution in [3.63, 3.8) is 0 Å². The average molecular weight is 267 g/mol. The van der Waals surface area contributed by atoms with E-state index in [1.807, 2.05) is 0 Å². The number of methoxy groups -OCH3 is 1. The highest BCUT2D eigenvalue weighted by molar-refractivity contribution is 7.99. The summed E-state index contributed by atoms with van der Waals surface area (Å²) < 4.78 is 43.8. The molecule has 0 amide bonds. The highest BCUT2D eigenvalue weighted by Gasteiger charge is 2.28. The Morgan fingerprint density at radius 3 is 2.65 bits per heavy atom. The van der Waals surface area contributed by atoms with E-state index < -0.39 is 13.0 Å². The molecule has 0 aliphatic rings. The standard InChI is InChI=1S/C10H12F3NO2S/c1-15-7-2-3-8(14)9(6-7)17-5-4-16-10(11,12)13/h2-3,6H,4-5,14H2,1H3. The summed E-state index contributed by atoms with van der Waals surface area (Å²) in [6, 6.07) is 5.00. The topological polar surface area (TPSA) is 44.5 Å². The summed E-state index contributed by atoms with van der Waals surface area (Å²) in [4.78, 5) is 0.676. The van der Waals surface area contributed by atoms with Gasteiger partial charge in [-0.2, -0.15) is 0 Å². The van der Waals surface area contributed by atoms with E-state index >= 15 is 0 Å². The Hall–Kier alpha value is -1.08. The number of anilines is 1. The third kappa shape index (κ3) is 5.18. The summed E-state index contributed by atoms with van der Waals surface area (Å²) in [5.41, 5.74) is 6.18. The quantitative estimate of drug-likeness (QED) is 0.506. The van der Waals surface area contributed by atoms with Crippen LogP contribution in [0.15, 0.2) is 23.1 Å². The van der Waals surface area contributed by atoms with Gasteiger partial charge in [0.15, 0.2) is 0 Å². The number of alkyl halides is 3. The van der Waals surface area contributed by atoms with Crippen molar-refractivity contribution in [3.8, 4) is 5.75 Å². The van der Waals surface area contributed by atoms with Crippen LogP contribution in [-0.2, 0) is 4.74 Å². The molecule has 0 aliphatic carbocycles. The van der Waals surface area contributed by atoms with Crippen LogP contribution in [0.3, 0.4) is 0 Å². The van der Waals surface area contributed by atoms with E-state index in [9.17, 15) is 13.2 Å². The molecule has 96 valence electrons. The summed E-state index contributed by atoms with van der Waals surface area (Å²) >= 11 is 1.19. The van der Waals surface area contributed by atoms with Crippen LogP contribution in [0.25, 0.3) is 0 Å². The van der Waals surface area contributed by atoms with Gasteiger partial charge in [-0.05, 0) is 18.2 Å². The number of benzene rings is 1. The van der Waals surface area contributed by atoms with Crippen molar-refractivity contribution >= 4 is 17.4 Å². The number of hydrogen-bond acceptors (Lipinski definition) is 4. The molecule has 0 saturated carbocycles. The lowest BCUT2D eigenvalue weighted by molar-refractivity contribution is -0.322. The Kier molecular flexibility index (Phi) is 4.95. The van der Waals surface area contributed by atoms with Gasteiger partial charge in [-0.3, -0.25) is 4.74 Å². The SMILES string of the molecule is COc1ccc(N)c(SCCOC(F)(F)F)c1. The van der Waals surface area contributed by atoms with Gasteiger partial charge in [-0.15, -0.1) is 24.9 Å². The molecule has 7 heteroatoms. The van der Waals surface area contributed by atoms with Crippen LogP contribution >= 0.6 is 11.8 Å². The molecule has 0 unspecified atom stereocenters. The van der Waals surface area contributed by atoms with Crippen molar-refractivity contribution < 1.29 is 22.6 Å². The maximum atomic E-state index is 11.7. The molecule has 0 saturated heterocycles. The molecular formula is C10H12F3NO2S.